The van der Waals surface area contributed by atoms with Gasteiger partial charge in [-0.2, -0.15) is 5.10 Å². The molecule has 4 aromatic heterocycles. The van der Waals surface area contributed by atoms with E-state index in [1.807, 2.05) is 59.3 Å². The number of nitrogen functional groups attached to an aromatic ring is 1. The smallest absolute Gasteiger partial charge is 0.242 e. The van der Waals surface area contributed by atoms with Gasteiger partial charge in [-0.3, -0.25) is 4.79 Å². The zero-order valence-electron chi connectivity index (χ0n) is 21.4. The number of ether oxygens (including phenoxy) is 1. The SMILES string of the molecule is Nc1ncnc2c1c(-c1ccc(Oc3ccccc3)cc1)nn2C1CN(C(=O)Cn2ccnc2)C1.c1c[nH]cn1. The fourth-order valence-electron chi connectivity index (χ4n) is 4.42. The molecule has 0 bridgehead atoms. The lowest BCUT2D eigenvalue weighted by Crippen LogP contribution is -2.52. The molecule has 12 nitrogen and oxygen atoms in total. The number of carbonyl (C=O) groups excluding carboxylic acids is 1. The monoisotopic (exact) mass is 534 g/mol. The van der Waals surface area contributed by atoms with Crippen LogP contribution in [0.15, 0.2) is 98.4 Å². The zero-order chi connectivity index (χ0) is 27.3. The molecule has 12 heteroatoms. The number of H-pyrrole nitrogens is 1. The Morgan fingerprint density at radius 3 is 2.48 bits per heavy atom. The number of aromatic nitrogens is 8. The molecular formula is C28H26N10O2. The van der Waals surface area contributed by atoms with Crippen molar-refractivity contribution in [2.24, 2.45) is 0 Å². The molecule has 2 aromatic carbocycles. The van der Waals surface area contributed by atoms with Crippen molar-refractivity contribution in [1.82, 2.24) is 44.2 Å². The number of imidazole rings is 2. The number of amides is 1. The third-order valence-corrected chi connectivity index (χ3v) is 6.47. The van der Waals surface area contributed by atoms with Crippen LogP contribution in [0.3, 0.4) is 0 Å². The average Bonchev–Trinajstić information content (AvgIpc) is 3.74. The first-order valence-corrected chi connectivity index (χ1v) is 12.6. The molecular weight excluding hydrogens is 508 g/mol. The Morgan fingerprint density at radius 2 is 1.80 bits per heavy atom. The van der Waals surface area contributed by atoms with E-state index in [0.29, 0.717) is 35.6 Å². The molecule has 0 spiro atoms. The van der Waals surface area contributed by atoms with Crippen molar-refractivity contribution in [2.75, 3.05) is 18.8 Å². The third kappa shape index (κ3) is 5.23. The molecule has 1 aliphatic rings. The number of anilines is 1. The summed E-state index contributed by atoms with van der Waals surface area (Å²) in [6.45, 7) is 1.37. The van der Waals surface area contributed by atoms with Crippen molar-refractivity contribution in [2.45, 2.75) is 12.6 Å². The molecule has 5 heterocycles. The lowest BCUT2D eigenvalue weighted by atomic mass is 10.1. The summed E-state index contributed by atoms with van der Waals surface area (Å²) in [5.74, 6) is 1.90. The number of likely N-dealkylation sites (tertiary alicyclic amines) is 1. The van der Waals surface area contributed by atoms with Crippen LogP contribution in [-0.2, 0) is 11.3 Å². The van der Waals surface area contributed by atoms with Crippen LogP contribution in [0.1, 0.15) is 6.04 Å². The number of carbonyl (C=O) groups is 1. The number of rotatable bonds is 6. The minimum Gasteiger partial charge on any atom is -0.457 e. The summed E-state index contributed by atoms with van der Waals surface area (Å²) in [4.78, 5) is 33.4. The number of nitrogens with one attached hydrogen (secondary N) is 1. The number of nitrogens with zero attached hydrogens (tertiary/aromatic N) is 8. The van der Waals surface area contributed by atoms with Crippen LogP contribution in [0, 0.1) is 0 Å². The van der Waals surface area contributed by atoms with Gasteiger partial charge in [-0.15, -0.1) is 0 Å². The van der Waals surface area contributed by atoms with E-state index >= 15 is 0 Å². The van der Waals surface area contributed by atoms with E-state index in [4.69, 9.17) is 15.6 Å². The van der Waals surface area contributed by atoms with Gasteiger partial charge in [0.05, 0.1) is 24.1 Å². The van der Waals surface area contributed by atoms with E-state index in [1.165, 1.54) is 6.33 Å². The van der Waals surface area contributed by atoms with Crippen LogP contribution in [-0.4, -0.2) is 63.2 Å². The molecule has 0 aliphatic carbocycles. The second-order valence-corrected chi connectivity index (χ2v) is 9.14. The summed E-state index contributed by atoms with van der Waals surface area (Å²) >= 11 is 0. The first kappa shape index (κ1) is 24.8. The van der Waals surface area contributed by atoms with Gasteiger partial charge in [0.1, 0.15) is 35.9 Å². The molecule has 1 fully saturated rings. The van der Waals surface area contributed by atoms with Gasteiger partial charge < -0.3 is 24.9 Å². The van der Waals surface area contributed by atoms with Gasteiger partial charge in [0, 0.05) is 43.4 Å². The van der Waals surface area contributed by atoms with Crippen LogP contribution in [0.4, 0.5) is 5.82 Å². The molecule has 0 atom stereocenters. The Bertz CT molecular complexity index is 1660. The molecule has 6 aromatic rings. The highest BCUT2D eigenvalue weighted by Crippen LogP contribution is 2.35. The zero-order valence-corrected chi connectivity index (χ0v) is 21.4. The molecule has 40 heavy (non-hydrogen) atoms. The fourth-order valence-corrected chi connectivity index (χ4v) is 4.42. The number of aromatic amines is 1. The normalized spacial score (nSPS) is 12.9. The summed E-state index contributed by atoms with van der Waals surface area (Å²) in [7, 11) is 0. The summed E-state index contributed by atoms with van der Waals surface area (Å²) in [5, 5.41) is 5.57. The van der Waals surface area contributed by atoms with Gasteiger partial charge in [-0.25, -0.2) is 24.6 Å². The number of fused-ring (bicyclic) bond motifs is 1. The van der Waals surface area contributed by atoms with E-state index in [0.717, 1.165) is 17.1 Å². The molecule has 0 radical (unpaired) electrons. The summed E-state index contributed by atoms with van der Waals surface area (Å²) in [6, 6.07) is 17.3. The maximum absolute atomic E-state index is 12.6. The van der Waals surface area contributed by atoms with E-state index in [-0.39, 0.29) is 18.5 Å². The highest BCUT2D eigenvalue weighted by Gasteiger charge is 2.34. The topological polar surface area (TPSA) is 146 Å². The number of benzene rings is 2. The van der Waals surface area contributed by atoms with Crippen molar-refractivity contribution < 1.29 is 9.53 Å². The predicted octanol–water partition coefficient (Wildman–Crippen LogP) is 3.56. The number of nitrogens with two attached hydrogens (primary N) is 1. The van der Waals surface area contributed by atoms with Crippen molar-refractivity contribution in [3.05, 3.63) is 98.4 Å². The van der Waals surface area contributed by atoms with Crippen molar-refractivity contribution in [3.8, 4) is 22.8 Å². The molecule has 1 amide bonds. The van der Waals surface area contributed by atoms with Gasteiger partial charge in [0.2, 0.25) is 5.91 Å². The van der Waals surface area contributed by atoms with Crippen molar-refractivity contribution in [3.63, 3.8) is 0 Å². The van der Waals surface area contributed by atoms with Gasteiger partial charge in [-0.05, 0) is 36.4 Å². The highest BCUT2D eigenvalue weighted by molar-refractivity contribution is 5.98. The number of para-hydroxylation sites is 1. The molecule has 1 aliphatic heterocycles. The first-order valence-electron chi connectivity index (χ1n) is 12.6. The fraction of sp³-hybridized carbons (Fsp3) is 0.143. The maximum Gasteiger partial charge on any atom is 0.242 e. The molecule has 0 unspecified atom stereocenters. The van der Waals surface area contributed by atoms with E-state index in [9.17, 15) is 4.79 Å². The lowest BCUT2D eigenvalue weighted by Gasteiger charge is -2.39. The van der Waals surface area contributed by atoms with E-state index < -0.39 is 0 Å². The van der Waals surface area contributed by atoms with Crippen LogP contribution in [0.5, 0.6) is 11.5 Å². The molecule has 0 saturated carbocycles. The van der Waals surface area contributed by atoms with Crippen LogP contribution < -0.4 is 10.5 Å². The van der Waals surface area contributed by atoms with Crippen molar-refractivity contribution >= 4 is 22.8 Å². The second kappa shape index (κ2) is 11.1. The highest BCUT2D eigenvalue weighted by atomic mass is 16.5. The average molecular weight is 535 g/mol. The molecule has 200 valence electrons. The maximum atomic E-state index is 12.6. The lowest BCUT2D eigenvalue weighted by molar-refractivity contribution is -0.137. The Labute approximate surface area is 229 Å². The Morgan fingerprint density at radius 1 is 1.00 bits per heavy atom. The van der Waals surface area contributed by atoms with Crippen LogP contribution >= 0.6 is 0 Å². The minimum atomic E-state index is 0.00738. The van der Waals surface area contributed by atoms with Gasteiger partial charge >= 0.3 is 0 Å². The first-order chi connectivity index (χ1) is 19.7. The summed E-state index contributed by atoms with van der Waals surface area (Å²) < 4.78 is 9.52. The van der Waals surface area contributed by atoms with Gasteiger partial charge in [0.25, 0.3) is 0 Å². The largest absolute Gasteiger partial charge is 0.457 e. The second-order valence-electron chi connectivity index (χ2n) is 9.14. The third-order valence-electron chi connectivity index (χ3n) is 6.47. The van der Waals surface area contributed by atoms with Crippen molar-refractivity contribution in [1.29, 1.82) is 0 Å². The van der Waals surface area contributed by atoms with Crippen LogP contribution in [0.25, 0.3) is 22.3 Å². The molecule has 3 N–H and O–H groups in total. The predicted molar refractivity (Wildman–Crippen MR) is 148 cm³/mol. The molecule has 7 rings (SSSR count). The summed E-state index contributed by atoms with van der Waals surface area (Å²) in [5.41, 5.74) is 8.48. The minimum absolute atomic E-state index is 0.00738. The van der Waals surface area contributed by atoms with Crippen LogP contribution in [0.2, 0.25) is 0 Å². The standard InChI is InChI=1S/C25H22N8O2.C3H4N2/c26-24-22-23(17-6-8-20(9-7-17)35-19-4-2-1-3-5-19)30-33(25(22)29-15-28-24)18-12-32(13-18)21(34)14-31-11-10-27-16-31;1-2-5-3-4-1/h1-11,15-16,18H,12-14H2,(H2,26,28,29);1-3H,(H,4,5). The quantitative estimate of drug-likeness (QED) is 0.330. The Kier molecular flexibility index (Phi) is 6.86. The van der Waals surface area contributed by atoms with Gasteiger partial charge in [0.15, 0.2) is 5.65 Å². The van der Waals surface area contributed by atoms with E-state index in [1.54, 1.807) is 46.9 Å². The Hall–Kier alpha value is -5.52. The van der Waals surface area contributed by atoms with E-state index in [2.05, 4.69) is 24.9 Å². The molecule has 1 saturated heterocycles. The number of hydrogen-bond acceptors (Lipinski definition) is 8. The number of hydrogen-bond donors (Lipinski definition) is 2. The Balaban J connectivity index is 0.000000523. The summed E-state index contributed by atoms with van der Waals surface area (Å²) in [6.07, 6.45) is 11.6. The van der Waals surface area contributed by atoms with Gasteiger partial charge in [-0.1, -0.05) is 18.2 Å².